The second kappa shape index (κ2) is 7.48. The number of urea groups is 1. The Balaban J connectivity index is 1.84. The molecule has 1 aromatic rings. The summed E-state index contributed by atoms with van der Waals surface area (Å²) in [6.07, 6.45) is 0.800. The molecule has 7 nitrogen and oxygen atoms in total. The molecule has 1 fully saturated rings. The third-order valence-corrected chi connectivity index (χ3v) is 5.00. The zero-order chi connectivity index (χ0) is 17.0. The van der Waals surface area contributed by atoms with Crippen molar-refractivity contribution in [1.82, 2.24) is 9.62 Å². The van der Waals surface area contributed by atoms with Gasteiger partial charge in [0.25, 0.3) is 0 Å². The topological polar surface area (TPSA) is 87.7 Å². The van der Waals surface area contributed by atoms with Crippen molar-refractivity contribution in [3.63, 3.8) is 0 Å². The van der Waals surface area contributed by atoms with Crippen LogP contribution in [-0.4, -0.2) is 57.4 Å². The second-order valence-corrected chi connectivity index (χ2v) is 7.83. The van der Waals surface area contributed by atoms with Gasteiger partial charge in [-0.15, -0.1) is 0 Å². The number of nitrogens with zero attached hydrogens (tertiary/aromatic N) is 1. The Bertz CT molecular complexity index is 681. The Kier molecular flexibility index (Phi) is 5.85. The van der Waals surface area contributed by atoms with Crippen LogP contribution in [0.15, 0.2) is 18.2 Å². The van der Waals surface area contributed by atoms with Gasteiger partial charge in [-0.3, -0.25) is 0 Å². The molecule has 1 aliphatic heterocycles. The van der Waals surface area contributed by atoms with E-state index in [9.17, 15) is 13.2 Å². The van der Waals surface area contributed by atoms with Gasteiger partial charge in [0.2, 0.25) is 10.0 Å². The zero-order valence-electron chi connectivity index (χ0n) is 13.0. The third kappa shape index (κ3) is 5.35. The highest BCUT2D eigenvalue weighted by molar-refractivity contribution is 7.88. The molecule has 0 spiro atoms. The van der Waals surface area contributed by atoms with Crippen LogP contribution in [-0.2, 0) is 14.8 Å². The first-order valence-corrected chi connectivity index (χ1v) is 9.36. The van der Waals surface area contributed by atoms with Crippen molar-refractivity contribution < 1.29 is 17.9 Å². The molecule has 1 unspecified atom stereocenters. The third-order valence-electron chi connectivity index (χ3n) is 3.50. The first-order chi connectivity index (χ1) is 10.8. The molecule has 0 bridgehead atoms. The predicted octanol–water partition coefficient (Wildman–Crippen LogP) is 1.43. The van der Waals surface area contributed by atoms with Crippen LogP contribution in [0.5, 0.6) is 0 Å². The van der Waals surface area contributed by atoms with Gasteiger partial charge in [-0.05, 0) is 30.7 Å². The van der Waals surface area contributed by atoms with Gasteiger partial charge in [-0.2, -0.15) is 4.31 Å². The number of morpholine rings is 1. The molecule has 1 aliphatic rings. The van der Waals surface area contributed by atoms with E-state index in [4.69, 9.17) is 16.3 Å². The molecule has 23 heavy (non-hydrogen) atoms. The monoisotopic (exact) mass is 361 g/mol. The van der Waals surface area contributed by atoms with Crippen LogP contribution >= 0.6 is 11.6 Å². The highest BCUT2D eigenvalue weighted by Crippen LogP contribution is 2.19. The normalized spacial score (nSPS) is 19.3. The van der Waals surface area contributed by atoms with Crippen LogP contribution in [0.2, 0.25) is 5.02 Å². The largest absolute Gasteiger partial charge is 0.374 e. The quantitative estimate of drug-likeness (QED) is 0.849. The SMILES string of the molecule is Cc1cc(Cl)ccc1NC(=O)NCC1CN(S(C)(=O)=O)CCO1. The summed E-state index contributed by atoms with van der Waals surface area (Å²) in [4.78, 5) is 11.9. The number of hydrogen-bond donors (Lipinski definition) is 2. The maximum atomic E-state index is 11.9. The van der Waals surface area contributed by atoms with Crippen molar-refractivity contribution in [3.05, 3.63) is 28.8 Å². The van der Waals surface area contributed by atoms with Crippen LogP contribution < -0.4 is 10.6 Å². The number of carbonyl (C=O) groups excluding carboxylic acids is 1. The molecule has 0 aliphatic carbocycles. The molecular weight excluding hydrogens is 342 g/mol. The summed E-state index contributed by atoms with van der Waals surface area (Å²) in [6, 6.07) is 4.79. The minimum atomic E-state index is -3.24. The van der Waals surface area contributed by atoms with E-state index in [0.29, 0.717) is 23.9 Å². The van der Waals surface area contributed by atoms with Gasteiger partial charge in [0.15, 0.2) is 0 Å². The van der Waals surface area contributed by atoms with Crippen molar-refractivity contribution in [3.8, 4) is 0 Å². The number of benzene rings is 1. The van der Waals surface area contributed by atoms with E-state index in [1.807, 2.05) is 6.92 Å². The van der Waals surface area contributed by atoms with Crippen molar-refractivity contribution in [2.24, 2.45) is 0 Å². The fourth-order valence-electron chi connectivity index (χ4n) is 2.26. The summed E-state index contributed by atoms with van der Waals surface area (Å²) in [5, 5.41) is 6.01. The maximum absolute atomic E-state index is 11.9. The molecule has 0 saturated carbocycles. The molecule has 1 aromatic carbocycles. The molecule has 0 radical (unpaired) electrons. The van der Waals surface area contributed by atoms with Crippen LogP contribution in [0.4, 0.5) is 10.5 Å². The lowest BCUT2D eigenvalue weighted by atomic mass is 10.2. The van der Waals surface area contributed by atoms with E-state index in [1.165, 1.54) is 10.6 Å². The Morgan fingerprint density at radius 2 is 2.22 bits per heavy atom. The lowest BCUT2D eigenvalue weighted by molar-refractivity contribution is 0.00167. The maximum Gasteiger partial charge on any atom is 0.319 e. The van der Waals surface area contributed by atoms with Crippen molar-refractivity contribution >= 4 is 33.3 Å². The minimum absolute atomic E-state index is 0.227. The number of aryl methyl sites for hydroxylation is 1. The number of rotatable bonds is 4. The molecule has 2 amide bonds. The van der Waals surface area contributed by atoms with Gasteiger partial charge in [-0.25, -0.2) is 13.2 Å². The number of sulfonamides is 1. The number of carbonyl (C=O) groups is 1. The summed E-state index contributed by atoms with van der Waals surface area (Å²) >= 11 is 5.87. The Labute approximate surface area is 141 Å². The molecule has 9 heteroatoms. The highest BCUT2D eigenvalue weighted by Gasteiger charge is 2.26. The second-order valence-electron chi connectivity index (χ2n) is 5.41. The molecule has 2 N–H and O–H groups in total. The lowest BCUT2D eigenvalue weighted by Crippen LogP contribution is -2.49. The molecule has 1 atom stereocenters. The van der Waals surface area contributed by atoms with E-state index in [1.54, 1.807) is 18.2 Å². The Hall–Kier alpha value is -1.35. The standard InChI is InChI=1S/C14H20ClN3O4S/c1-10-7-11(15)3-4-13(10)17-14(19)16-8-12-9-18(5-6-22-12)23(2,20)21/h3-4,7,12H,5-6,8-9H2,1-2H3,(H2,16,17,19). The van der Waals surface area contributed by atoms with Gasteiger partial charge in [0.1, 0.15) is 0 Å². The van der Waals surface area contributed by atoms with Gasteiger partial charge >= 0.3 is 6.03 Å². The Morgan fingerprint density at radius 3 is 2.87 bits per heavy atom. The summed E-state index contributed by atoms with van der Waals surface area (Å²) in [5.41, 5.74) is 1.51. The number of anilines is 1. The summed E-state index contributed by atoms with van der Waals surface area (Å²) in [5.74, 6) is 0. The van der Waals surface area contributed by atoms with Crippen LogP contribution in [0, 0.1) is 6.92 Å². The average Bonchev–Trinajstić information content (AvgIpc) is 2.47. The first-order valence-electron chi connectivity index (χ1n) is 7.13. The van der Waals surface area contributed by atoms with E-state index in [-0.39, 0.29) is 25.2 Å². The molecule has 2 rings (SSSR count). The smallest absolute Gasteiger partial charge is 0.319 e. The average molecular weight is 362 g/mol. The van der Waals surface area contributed by atoms with E-state index >= 15 is 0 Å². The zero-order valence-corrected chi connectivity index (χ0v) is 14.6. The summed E-state index contributed by atoms with van der Waals surface area (Å²) in [6.45, 7) is 2.96. The number of amides is 2. The fourth-order valence-corrected chi connectivity index (χ4v) is 3.33. The molecular formula is C14H20ClN3O4S. The minimum Gasteiger partial charge on any atom is -0.374 e. The fraction of sp³-hybridized carbons (Fsp3) is 0.500. The molecule has 0 aromatic heterocycles. The molecule has 1 saturated heterocycles. The number of nitrogens with one attached hydrogen (secondary N) is 2. The summed E-state index contributed by atoms with van der Waals surface area (Å²) in [7, 11) is -3.24. The van der Waals surface area contributed by atoms with Crippen LogP contribution in [0.1, 0.15) is 5.56 Å². The van der Waals surface area contributed by atoms with Crippen molar-refractivity contribution in [2.45, 2.75) is 13.0 Å². The van der Waals surface area contributed by atoms with Gasteiger partial charge in [0, 0.05) is 30.3 Å². The number of ether oxygens (including phenoxy) is 1. The highest BCUT2D eigenvalue weighted by atomic mass is 35.5. The molecule has 1 heterocycles. The number of halogens is 1. The van der Waals surface area contributed by atoms with Gasteiger partial charge in [-0.1, -0.05) is 11.6 Å². The summed E-state index contributed by atoms with van der Waals surface area (Å²) < 4.78 is 29.9. The predicted molar refractivity (Wildman–Crippen MR) is 89.4 cm³/mol. The van der Waals surface area contributed by atoms with Crippen LogP contribution in [0.3, 0.4) is 0 Å². The van der Waals surface area contributed by atoms with Gasteiger partial charge in [0.05, 0.1) is 19.0 Å². The van der Waals surface area contributed by atoms with Gasteiger partial charge < -0.3 is 15.4 Å². The van der Waals surface area contributed by atoms with E-state index in [0.717, 1.165) is 5.56 Å². The molecule has 128 valence electrons. The van der Waals surface area contributed by atoms with Crippen molar-refractivity contribution in [2.75, 3.05) is 37.8 Å². The van der Waals surface area contributed by atoms with Crippen molar-refractivity contribution in [1.29, 1.82) is 0 Å². The first kappa shape index (κ1) is 18.0. The Morgan fingerprint density at radius 1 is 1.48 bits per heavy atom. The lowest BCUT2D eigenvalue weighted by Gasteiger charge is -2.31. The van der Waals surface area contributed by atoms with E-state index in [2.05, 4.69) is 10.6 Å². The van der Waals surface area contributed by atoms with Crippen LogP contribution in [0.25, 0.3) is 0 Å². The number of hydrogen-bond acceptors (Lipinski definition) is 4. The van der Waals surface area contributed by atoms with E-state index < -0.39 is 10.0 Å².